The molecule has 3 atom stereocenters. The van der Waals surface area contributed by atoms with Crippen LogP contribution in [-0.4, -0.2) is 65.9 Å². The molecule has 3 rings (SSSR count). The van der Waals surface area contributed by atoms with Crippen molar-refractivity contribution in [3.63, 3.8) is 0 Å². The lowest BCUT2D eigenvalue weighted by Gasteiger charge is -2.36. The molecular weight excluding hydrogens is 310 g/mol. The molecule has 0 radical (unpaired) electrons. The van der Waals surface area contributed by atoms with Crippen molar-refractivity contribution in [1.29, 1.82) is 0 Å². The molecule has 1 fully saturated rings. The fraction of sp³-hybridized carbons (Fsp3) is 0.647. The van der Waals surface area contributed by atoms with Gasteiger partial charge in [0.1, 0.15) is 12.3 Å². The Labute approximate surface area is 142 Å². The number of piperidine rings is 1. The van der Waals surface area contributed by atoms with Crippen LogP contribution in [0.4, 0.5) is 0 Å². The molecule has 0 spiro atoms. The predicted molar refractivity (Wildman–Crippen MR) is 88.4 cm³/mol. The van der Waals surface area contributed by atoms with Gasteiger partial charge >= 0.3 is 0 Å². The van der Waals surface area contributed by atoms with Gasteiger partial charge in [0.2, 0.25) is 0 Å². The molecule has 3 unspecified atom stereocenters. The number of amides is 1. The number of carbonyl (C=O) groups excluding carboxylic acids is 1. The zero-order chi connectivity index (χ0) is 17.1. The highest BCUT2D eigenvalue weighted by Gasteiger charge is 2.28. The van der Waals surface area contributed by atoms with E-state index >= 15 is 0 Å². The lowest BCUT2D eigenvalue weighted by molar-refractivity contribution is 0.0450. The summed E-state index contributed by atoms with van der Waals surface area (Å²) in [6, 6.07) is 1.73. The molecule has 2 aliphatic rings. The molecule has 132 valence electrons. The van der Waals surface area contributed by atoms with Crippen molar-refractivity contribution in [2.24, 2.45) is 5.92 Å². The summed E-state index contributed by atoms with van der Waals surface area (Å²) >= 11 is 0. The van der Waals surface area contributed by atoms with Crippen molar-refractivity contribution in [3.8, 4) is 11.5 Å². The first-order valence-electron chi connectivity index (χ1n) is 8.54. The predicted octanol–water partition coefficient (Wildman–Crippen LogP) is 0.674. The summed E-state index contributed by atoms with van der Waals surface area (Å²) < 4.78 is 11.1. The van der Waals surface area contributed by atoms with Gasteiger partial charge in [-0.2, -0.15) is 0 Å². The molecule has 24 heavy (non-hydrogen) atoms. The van der Waals surface area contributed by atoms with E-state index in [1.165, 1.54) is 6.20 Å². The number of rotatable bonds is 4. The van der Waals surface area contributed by atoms with Crippen LogP contribution in [0, 0.1) is 5.92 Å². The maximum Gasteiger partial charge on any atom is 0.270 e. The Morgan fingerprint density at radius 2 is 2.33 bits per heavy atom. The van der Waals surface area contributed by atoms with Crippen molar-refractivity contribution in [1.82, 2.24) is 15.2 Å². The first-order chi connectivity index (χ1) is 11.6. The van der Waals surface area contributed by atoms with Crippen molar-refractivity contribution >= 4 is 5.91 Å². The quantitative estimate of drug-likeness (QED) is 0.842. The number of nitrogens with zero attached hydrogens (tertiary/aromatic N) is 2. The maximum atomic E-state index is 12.5. The van der Waals surface area contributed by atoms with Gasteiger partial charge in [-0.1, -0.05) is 13.8 Å². The highest BCUT2D eigenvalue weighted by atomic mass is 16.6. The van der Waals surface area contributed by atoms with Crippen molar-refractivity contribution in [2.45, 2.75) is 32.4 Å². The highest BCUT2D eigenvalue weighted by molar-refractivity contribution is 5.93. The minimum Gasteiger partial charge on any atom is -0.486 e. The van der Waals surface area contributed by atoms with Crippen LogP contribution in [0.25, 0.3) is 0 Å². The summed E-state index contributed by atoms with van der Waals surface area (Å²) in [6.07, 6.45) is 2.17. The van der Waals surface area contributed by atoms with Crippen molar-refractivity contribution < 1.29 is 19.4 Å². The summed E-state index contributed by atoms with van der Waals surface area (Å²) in [5, 5.41) is 12.2. The summed E-state index contributed by atoms with van der Waals surface area (Å²) in [5.74, 6) is 1.20. The van der Waals surface area contributed by atoms with Crippen LogP contribution in [0.1, 0.15) is 30.8 Å². The number of fused-ring (bicyclic) bond motifs is 1. The second-order valence-corrected chi connectivity index (χ2v) is 6.49. The number of hydrogen-bond donors (Lipinski definition) is 2. The number of hydrogen-bond acceptors (Lipinski definition) is 6. The zero-order valence-electron chi connectivity index (χ0n) is 14.2. The number of nitrogens with one attached hydrogen (secondary N) is 1. The molecule has 0 saturated carbocycles. The Morgan fingerprint density at radius 1 is 1.50 bits per heavy atom. The fourth-order valence-electron chi connectivity index (χ4n) is 3.09. The summed E-state index contributed by atoms with van der Waals surface area (Å²) in [5.41, 5.74) is 0.320. The fourth-order valence-corrected chi connectivity index (χ4v) is 3.09. The lowest BCUT2D eigenvalue weighted by atomic mass is 9.93. The second kappa shape index (κ2) is 7.36. The third-order valence-electron chi connectivity index (χ3n) is 4.79. The van der Waals surface area contributed by atoms with Crippen LogP contribution in [0.3, 0.4) is 0 Å². The van der Waals surface area contributed by atoms with Gasteiger partial charge in [-0.3, -0.25) is 4.79 Å². The Morgan fingerprint density at radius 3 is 3.08 bits per heavy atom. The first-order valence-corrected chi connectivity index (χ1v) is 8.54. The third kappa shape index (κ3) is 3.62. The van der Waals surface area contributed by atoms with E-state index in [9.17, 15) is 4.79 Å². The minimum absolute atomic E-state index is 0.116. The normalized spacial score (nSPS) is 26.9. The Bertz CT molecular complexity index is 595. The second-order valence-electron chi connectivity index (χ2n) is 6.49. The monoisotopic (exact) mass is 335 g/mol. The number of aliphatic hydroxyl groups excluding tert-OH is 1. The van der Waals surface area contributed by atoms with E-state index in [2.05, 4.69) is 29.0 Å². The van der Waals surface area contributed by atoms with E-state index in [0.717, 1.165) is 26.1 Å². The van der Waals surface area contributed by atoms with E-state index < -0.39 is 0 Å². The van der Waals surface area contributed by atoms with E-state index in [-0.39, 0.29) is 31.3 Å². The number of likely N-dealkylation sites (tertiary alicyclic amines) is 1. The highest BCUT2D eigenvalue weighted by Crippen LogP contribution is 2.31. The van der Waals surface area contributed by atoms with Crippen molar-refractivity contribution in [2.75, 3.05) is 32.8 Å². The number of aromatic nitrogens is 1. The molecule has 1 aromatic rings. The third-order valence-corrected chi connectivity index (χ3v) is 4.79. The largest absolute Gasteiger partial charge is 0.486 e. The molecule has 1 amide bonds. The molecule has 0 aliphatic carbocycles. The maximum absolute atomic E-state index is 12.5. The van der Waals surface area contributed by atoms with E-state index in [1.54, 1.807) is 6.07 Å². The molecule has 7 nitrogen and oxygen atoms in total. The van der Waals surface area contributed by atoms with Gasteiger partial charge in [0.05, 0.1) is 12.8 Å². The molecule has 3 heterocycles. The molecule has 1 aromatic heterocycles. The van der Waals surface area contributed by atoms with Crippen LogP contribution in [-0.2, 0) is 0 Å². The summed E-state index contributed by atoms with van der Waals surface area (Å²) in [6.45, 7) is 7.40. The average Bonchev–Trinajstić information content (AvgIpc) is 2.62. The minimum atomic E-state index is -0.387. The Kier molecular flexibility index (Phi) is 5.20. The van der Waals surface area contributed by atoms with Crippen LogP contribution < -0.4 is 14.8 Å². The molecule has 0 aromatic carbocycles. The van der Waals surface area contributed by atoms with Crippen LogP contribution in [0.15, 0.2) is 12.3 Å². The van der Waals surface area contributed by atoms with E-state index in [1.807, 2.05) is 0 Å². The molecular formula is C17H25N3O4. The first kappa shape index (κ1) is 17.0. The van der Waals surface area contributed by atoms with Crippen LogP contribution in [0.2, 0.25) is 0 Å². The van der Waals surface area contributed by atoms with Gasteiger partial charge in [0, 0.05) is 18.7 Å². The van der Waals surface area contributed by atoms with Gasteiger partial charge in [-0.05, 0) is 25.4 Å². The number of pyridine rings is 1. The SMILES string of the molecule is CCN1CCC(C)C(NC(=O)c2cc3c(cn2)OC(CO)CO3)C1. The van der Waals surface area contributed by atoms with Crippen molar-refractivity contribution in [3.05, 3.63) is 18.0 Å². The average molecular weight is 335 g/mol. The van der Waals surface area contributed by atoms with Gasteiger partial charge in [0.15, 0.2) is 17.6 Å². The molecule has 1 saturated heterocycles. The van der Waals surface area contributed by atoms with E-state index in [0.29, 0.717) is 23.1 Å². The molecule has 2 N–H and O–H groups in total. The smallest absolute Gasteiger partial charge is 0.270 e. The van der Waals surface area contributed by atoms with Crippen LogP contribution >= 0.6 is 0 Å². The molecule has 2 aliphatic heterocycles. The van der Waals surface area contributed by atoms with Gasteiger partial charge in [-0.15, -0.1) is 0 Å². The Hall–Kier alpha value is -1.86. The van der Waals surface area contributed by atoms with Gasteiger partial charge < -0.3 is 24.8 Å². The summed E-state index contributed by atoms with van der Waals surface area (Å²) in [7, 11) is 0. The number of likely N-dealkylation sites (N-methyl/N-ethyl adjacent to an activating group) is 1. The molecule has 0 bridgehead atoms. The van der Waals surface area contributed by atoms with Gasteiger partial charge in [-0.25, -0.2) is 4.98 Å². The number of ether oxygens (including phenoxy) is 2. The molecule has 7 heteroatoms. The number of carbonyl (C=O) groups is 1. The lowest BCUT2D eigenvalue weighted by Crippen LogP contribution is -2.51. The zero-order valence-corrected chi connectivity index (χ0v) is 14.2. The number of aliphatic hydroxyl groups is 1. The summed E-state index contributed by atoms with van der Waals surface area (Å²) in [4.78, 5) is 19.1. The van der Waals surface area contributed by atoms with Crippen LogP contribution in [0.5, 0.6) is 11.5 Å². The topological polar surface area (TPSA) is 83.9 Å². The van der Waals surface area contributed by atoms with E-state index in [4.69, 9.17) is 14.6 Å². The standard InChI is InChI=1S/C17H25N3O4/c1-3-20-5-4-11(2)14(8-20)19-17(22)13-6-15-16(7-18-13)24-12(9-21)10-23-15/h6-7,11-12,14,21H,3-5,8-10H2,1-2H3,(H,19,22). The van der Waals surface area contributed by atoms with Gasteiger partial charge in [0.25, 0.3) is 5.91 Å². The Balaban J connectivity index is 1.67.